The van der Waals surface area contributed by atoms with Crippen molar-refractivity contribution < 1.29 is 22.7 Å². The van der Waals surface area contributed by atoms with Gasteiger partial charge in [0.05, 0.1) is 17.7 Å². The Labute approximate surface area is 238 Å². The Balaban J connectivity index is 2.03. The van der Waals surface area contributed by atoms with Crippen molar-refractivity contribution in [2.24, 2.45) is 5.92 Å². The molecule has 0 heterocycles. The molecule has 0 fully saturated rings. The van der Waals surface area contributed by atoms with Crippen molar-refractivity contribution in [1.29, 1.82) is 0 Å². The lowest BCUT2D eigenvalue weighted by Gasteiger charge is -2.33. The van der Waals surface area contributed by atoms with Crippen molar-refractivity contribution >= 4 is 27.5 Å². The van der Waals surface area contributed by atoms with Crippen LogP contribution in [0.4, 0.5) is 5.69 Å². The van der Waals surface area contributed by atoms with Gasteiger partial charge in [0.15, 0.2) is 0 Å². The predicted molar refractivity (Wildman–Crippen MR) is 158 cm³/mol. The van der Waals surface area contributed by atoms with Crippen LogP contribution in [0.1, 0.15) is 38.3 Å². The summed E-state index contributed by atoms with van der Waals surface area (Å²) in [6, 6.07) is 21.6. The SMILES string of the molecule is CC[C@H](C(=O)NCC(C)C)N(Cc1ccccc1)C(=O)CN(c1ccc(OC)cc1)S(=O)(=O)c1ccc(C)cc1. The molecule has 8 nitrogen and oxygen atoms in total. The second-order valence-electron chi connectivity index (χ2n) is 10.1. The number of ether oxygens (including phenoxy) is 1. The van der Waals surface area contributed by atoms with E-state index in [4.69, 9.17) is 4.74 Å². The second-order valence-corrected chi connectivity index (χ2v) is 12.0. The number of hydrogen-bond acceptors (Lipinski definition) is 5. The molecule has 0 aliphatic rings. The van der Waals surface area contributed by atoms with Crippen LogP contribution < -0.4 is 14.4 Å². The second kappa shape index (κ2) is 14.0. The molecule has 0 saturated carbocycles. The Bertz CT molecular complexity index is 1360. The summed E-state index contributed by atoms with van der Waals surface area (Å²) in [5.74, 6) is 0.0473. The maximum atomic E-state index is 14.0. The Morgan fingerprint density at radius 1 is 0.925 bits per heavy atom. The van der Waals surface area contributed by atoms with E-state index in [-0.39, 0.29) is 23.3 Å². The maximum Gasteiger partial charge on any atom is 0.264 e. The van der Waals surface area contributed by atoms with Gasteiger partial charge in [0, 0.05) is 13.1 Å². The summed E-state index contributed by atoms with van der Waals surface area (Å²) in [4.78, 5) is 28.8. The lowest BCUT2D eigenvalue weighted by Crippen LogP contribution is -2.52. The van der Waals surface area contributed by atoms with Crippen LogP contribution in [0.15, 0.2) is 83.8 Å². The summed E-state index contributed by atoms with van der Waals surface area (Å²) in [5.41, 5.74) is 2.06. The first-order valence-electron chi connectivity index (χ1n) is 13.4. The van der Waals surface area contributed by atoms with Crippen molar-refractivity contribution in [2.45, 2.75) is 51.6 Å². The molecule has 214 valence electrons. The first-order valence-corrected chi connectivity index (χ1v) is 14.8. The Hall–Kier alpha value is -3.85. The molecule has 1 N–H and O–H groups in total. The zero-order chi connectivity index (χ0) is 29.3. The van der Waals surface area contributed by atoms with Crippen LogP contribution in [0.2, 0.25) is 0 Å². The van der Waals surface area contributed by atoms with E-state index in [1.165, 1.54) is 24.1 Å². The number of nitrogens with one attached hydrogen (secondary N) is 1. The van der Waals surface area contributed by atoms with Crippen molar-refractivity contribution in [2.75, 3.05) is 24.5 Å². The fourth-order valence-electron chi connectivity index (χ4n) is 4.24. The largest absolute Gasteiger partial charge is 0.497 e. The number of anilines is 1. The fourth-order valence-corrected chi connectivity index (χ4v) is 5.65. The molecule has 1 atom stereocenters. The van der Waals surface area contributed by atoms with Crippen molar-refractivity contribution in [1.82, 2.24) is 10.2 Å². The molecule has 40 heavy (non-hydrogen) atoms. The number of rotatable bonds is 13. The average Bonchev–Trinajstić information content (AvgIpc) is 2.95. The molecular formula is C31H39N3O5S. The summed E-state index contributed by atoms with van der Waals surface area (Å²) < 4.78 is 34.2. The van der Waals surface area contributed by atoms with Gasteiger partial charge in [-0.3, -0.25) is 13.9 Å². The van der Waals surface area contributed by atoms with Gasteiger partial charge in [-0.2, -0.15) is 0 Å². The molecule has 0 aromatic heterocycles. The monoisotopic (exact) mass is 565 g/mol. The van der Waals surface area contributed by atoms with Crippen molar-refractivity contribution in [3.05, 3.63) is 90.0 Å². The molecule has 9 heteroatoms. The van der Waals surface area contributed by atoms with Crippen LogP contribution in [-0.2, 0) is 26.2 Å². The van der Waals surface area contributed by atoms with Gasteiger partial charge in [0.1, 0.15) is 18.3 Å². The summed E-state index contributed by atoms with van der Waals surface area (Å²) in [5, 5.41) is 2.93. The Morgan fingerprint density at radius 3 is 2.10 bits per heavy atom. The number of methoxy groups -OCH3 is 1. The number of hydrogen-bond donors (Lipinski definition) is 1. The summed E-state index contributed by atoms with van der Waals surface area (Å²) in [7, 11) is -2.60. The Morgan fingerprint density at radius 2 is 1.55 bits per heavy atom. The van der Waals surface area contributed by atoms with E-state index in [1.54, 1.807) is 36.4 Å². The van der Waals surface area contributed by atoms with Crippen molar-refractivity contribution in [3.63, 3.8) is 0 Å². The van der Waals surface area contributed by atoms with Gasteiger partial charge >= 0.3 is 0 Å². The van der Waals surface area contributed by atoms with Crippen LogP contribution in [0, 0.1) is 12.8 Å². The average molecular weight is 566 g/mol. The number of carbonyl (C=O) groups excluding carboxylic acids is 2. The third-order valence-corrected chi connectivity index (χ3v) is 8.30. The molecular weight excluding hydrogens is 526 g/mol. The molecule has 3 aromatic carbocycles. The highest BCUT2D eigenvalue weighted by atomic mass is 32.2. The first kappa shape index (κ1) is 30.7. The van der Waals surface area contributed by atoms with Gasteiger partial charge in [0.2, 0.25) is 11.8 Å². The van der Waals surface area contributed by atoms with Crippen LogP contribution in [-0.4, -0.2) is 51.4 Å². The maximum absolute atomic E-state index is 14.0. The highest BCUT2D eigenvalue weighted by molar-refractivity contribution is 7.92. The van der Waals surface area contributed by atoms with Crippen LogP contribution in [0.5, 0.6) is 5.75 Å². The normalized spacial score (nSPS) is 12.1. The van der Waals surface area contributed by atoms with E-state index in [9.17, 15) is 18.0 Å². The summed E-state index contributed by atoms with van der Waals surface area (Å²) in [6.07, 6.45) is 0.371. The molecule has 0 aliphatic heterocycles. The van der Waals surface area contributed by atoms with Crippen LogP contribution in [0.25, 0.3) is 0 Å². The third kappa shape index (κ3) is 7.85. The molecule has 0 aliphatic carbocycles. The van der Waals surface area contributed by atoms with E-state index in [0.29, 0.717) is 24.4 Å². The highest BCUT2D eigenvalue weighted by Gasteiger charge is 2.33. The van der Waals surface area contributed by atoms with E-state index in [2.05, 4.69) is 5.32 Å². The lowest BCUT2D eigenvalue weighted by molar-refractivity contribution is -0.140. The standard InChI is InChI=1S/C31H39N3O5S/c1-6-29(31(36)32-20-23(2)3)33(21-25-10-8-7-9-11-25)30(35)22-34(26-14-16-27(39-5)17-15-26)40(37,38)28-18-12-24(4)13-19-28/h7-19,23,29H,6,20-22H2,1-5H3,(H,32,36)/t29-/m1/s1. The minimum atomic E-state index is -4.12. The lowest BCUT2D eigenvalue weighted by atomic mass is 10.1. The minimum Gasteiger partial charge on any atom is -0.497 e. The third-order valence-electron chi connectivity index (χ3n) is 6.51. The van der Waals surface area contributed by atoms with Gasteiger partial charge in [-0.1, -0.05) is 68.8 Å². The molecule has 0 spiro atoms. The van der Waals surface area contributed by atoms with Gasteiger partial charge < -0.3 is 15.0 Å². The molecule has 0 unspecified atom stereocenters. The van der Waals surface area contributed by atoms with Gasteiger partial charge in [-0.05, 0) is 61.2 Å². The molecule has 0 bridgehead atoms. The number of sulfonamides is 1. The van der Waals surface area contributed by atoms with E-state index >= 15 is 0 Å². The molecule has 2 amide bonds. The van der Waals surface area contributed by atoms with Gasteiger partial charge in [0.25, 0.3) is 10.0 Å². The summed E-state index contributed by atoms with van der Waals surface area (Å²) in [6.45, 7) is 7.86. The van der Waals surface area contributed by atoms with E-state index in [0.717, 1.165) is 15.4 Å². The smallest absolute Gasteiger partial charge is 0.264 e. The van der Waals surface area contributed by atoms with Crippen LogP contribution in [0.3, 0.4) is 0 Å². The number of benzene rings is 3. The number of nitrogens with zero attached hydrogens (tertiary/aromatic N) is 2. The first-order chi connectivity index (χ1) is 19.1. The summed E-state index contributed by atoms with van der Waals surface area (Å²) >= 11 is 0. The molecule has 3 rings (SSSR count). The zero-order valence-corrected chi connectivity index (χ0v) is 24.6. The van der Waals surface area contributed by atoms with Crippen LogP contribution >= 0.6 is 0 Å². The molecule has 0 saturated heterocycles. The van der Waals surface area contributed by atoms with Gasteiger partial charge in [-0.25, -0.2) is 8.42 Å². The van der Waals surface area contributed by atoms with E-state index < -0.39 is 28.5 Å². The number of aryl methyl sites for hydroxylation is 1. The van der Waals surface area contributed by atoms with E-state index in [1.807, 2.05) is 58.0 Å². The number of amides is 2. The fraction of sp³-hybridized carbons (Fsp3) is 0.355. The topological polar surface area (TPSA) is 96.0 Å². The number of carbonyl (C=O) groups is 2. The zero-order valence-electron chi connectivity index (χ0n) is 23.8. The Kier molecular flexibility index (Phi) is 10.7. The molecule has 0 radical (unpaired) electrons. The molecule has 3 aromatic rings. The quantitative estimate of drug-likeness (QED) is 0.322. The predicted octanol–water partition coefficient (Wildman–Crippen LogP) is 4.78. The van der Waals surface area contributed by atoms with Gasteiger partial charge in [-0.15, -0.1) is 0 Å². The minimum absolute atomic E-state index is 0.0676. The highest BCUT2D eigenvalue weighted by Crippen LogP contribution is 2.27. The van der Waals surface area contributed by atoms with Crippen molar-refractivity contribution in [3.8, 4) is 5.75 Å².